The Morgan fingerprint density at radius 1 is 1.07 bits per heavy atom. The van der Waals surface area contributed by atoms with Crippen molar-refractivity contribution in [3.8, 4) is 22.5 Å². The summed E-state index contributed by atoms with van der Waals surface area (Å²) >= 11 is 0. The first-order valence-electron chi connectivity index (χ1n) is 14.5. The number of ether oxygens (including phenoxy) is 1. The number of nitrogens with two attached hydrogens (primary N) is 2. The van der Waals surface area contributed by atoms with Crippen LogP contribution in [0, 0.1) is 0 Å². The number of hydrogen-bond acceptors (Lipinski definition) is 7. The zero-order valence-electron chi connectivity index (χ0n) is 23.7. The summed E-state index contributed by atoms with van der Waals surface area (Å²) in [5.41, 5.74) is 12.3. The highest BCUT2D eigenvalue weighted by Gasteiger charge is 2.58. The normalized spacial score (nSPS) is 24.7. The third kappa shape index (κ3) is 4.57. The summed E-state index contributed by atoms with van der Waals surface area (Å²) in [5.74, 6) is 0.102. The van der Waals surface area contributed by atoms with E-state index in [9.17, 15) is 22.8 Å². The van der Waals surface area contributed by atoms with Crippen molar-refractivity contribution in [2.24, 2.45) is 5.73 Å². The summed E-state index contributed by atoms with van der Waals surface area (Å²) < 4.78 is 47.6. The summed E-state index contributed by atoms with van der Waals surface area (Å²) in [6, 6.07) is 6.41. The topological polar surface area (TPSA) is 151 Å². The molecule has 2 aliphatic carbocycles. The second kappa shape index (κ2) is 10.0. The first-order valence-corrected chi connectivity index (χ1v) is 14.5. The first-order chi connectivity index (χ1) is 21.0. The number of rotatable bonds is 6. The summed E-state index contributed by atoms with van der Waals surface area (Å²) in [4.78, 5) is 39.2. The number of carbonyl (C=O) groups is 2. The van der Waals surface area contributed by atoms with Crippen LogP contribution in [0.1, 0.15) is 66.7 Å². The fourth-order valence-electron chi connectivity index (χ4n) is 7.31. The molecule has 7 rings (SSSR count). The molecule has 10 nitrogen and oxygen atoms in total. The number of pyridine rings is 1. The van der Waals surface area contributed by atoms with Crippen molar-refractivity contribution in [3.05, 3.63) is 65.9 Å². The fraction of sp³-hybridized carbons (Fsp3) is 0.387. The largest absolute Gasteiger partial charge is 0.416 e. The Kier molecular flexibility index (Phi) is 6.43. The molecule has 3 aliphatic rings. The Balaban J connectivity index is 1.29. The van der Waals surface area contributed by atoms with E-state index in [4.69, 9.17) is 21.2 Å². The van der Waals surface area contributed by atoms with Crippen LogP contribution in [0.2, 0.25) is 0 Å². The van der Waals surface area contributed by atoms with Gasteiger partial charge in [0, 0.05) is 52.8 Å². The van der Waals surface area contributed by atoms with Crippen LogP contribution < -0.4 is 16.8 Å². The number of imidazole rings is 1. The third-order valence-electron chi connectivity index (χ3n) is 9.43. The van der Waals surface area contributed by atoms with Crippen molar-refractivity contribution in [1.29, 1.82) is 0 Å². The van der Waals surface area contributed by atoms with Crippen molar-refractivity contribution in [2.75, 3.05) is 12.3 Å². The minimum absolute atomic E-state index is 0.0441. The number of aromatic nitrogens is 4. The van der Waals surface area contributed by atoms with Crippen LogP contribution in [0.3, 0.4) is 0 Å². The van der Waals surface area contributed by atoms with E-state index in [1.807, 2.05) is 4.40 Å². The lowest BCUT2D eigenvalue weighted by Gasteiger charge is -2.29. The van der Waals surface area contributed by atoms with Crippen LogP contribution in [0.25, 0.3) is 28.0 Å². The smallest absolute Gasteiger partial charge is 0.382 e. The van der Waals surface area contributed by atoms with Crippen molar-refractivity contribution < 1.29 is 27.5 Å². The van der Waals surface area contributed by atoms with Gasteiger partial charge in [0.15, 0.2) is 0 Å². The summed E-state index contributed by atoms with van der Waals surface area (Å²) in [6.07, 6.45) is 4.94. The van der Waals surface area contributed by atoms with Gasteiger partial charge in [0.1, 0.15) is 29.0 Å². The lowest BCUT2D eigenvalue weighted by Crippen LogP contribution is -2.49. The average molecular weight is 606 g/mol. The monoisotopic (exact) mass is 605 g/mol. The van der Waals surface area contributed by atoms with E-state index < -0.39 is 23.8 Å². The number of benzene rings is 1. The average Bonchev–Trinajstić information content (AvgIpc) is 3.80. The van der Waals surface area contributed by atoms with E-state index in [1.54, 1.807) is 24.5 Å². The van der Waals surface area contributed by atoms with E-state index in [-0.39, 0.29) is 33.9 Å². The van der Waals surface area contributed by atoms with Gasteiger partial charge in [0.2, 0.25) is 11.8 Å². The van der Waals surface area contributed by atoms with Gasteiger partial charge in [-0.25, -0.2) is 9.97 Å². The van der Waals surface area contributed by atoms with E-state index >= 15 is 0 Å². The van der Waals surface area contributed by atoms with Gasteiger partial charge in [-0.05, 0) is 63.1 Å². The van der Waals surface area contributed by atoms with Gasteiger partial charge in [-0.15, -0.1) is 0 Å². The molecule has 1 aliphatic heterocycles. The second-order valence-corrected chi connectivity index (χ2v) is 12.1. The first kappa shape index (κ1) is 28.3. The van der Waals surface area contributed by atoms with Gasteiger partial charge >= 0.3 is 6.18 Å². The molecule has 0 radical (unpaired) electrons. The standard InChI is InChI=1S/C31H30F3N7O3/c32-31(33,34)18-5-10-37-21(15-18)17-3-4-19(20(14-17)26(36)42)23-24-25(35)38-11-12-41(24)28(39-23)29-6-8-30(16-29,9-7-29)40-27(43)22-2-1-13-44-22/h3-5,10-12,14-15,22H,1-2,6-9,13,16H2,(H2,35,38)(H2,36,42)(H,40,43). The molecule has 1 saturated heterocycles. The van der Waals surface area contributed by atoms with Crippen LogP contribution >= 0.6 is 0 Å². The van der Waals surface area contributed by atoms with Gasteiger partial charge in [0.25, 0.3) is 0 Å². The second-order valence-electron chi connectivity index (χ2n) is 12.1. The molecular formula is C31H30F3N7O3. The number of alkyl halides is 3. The van der Waals surface area contributed by atoms with Crippen LogP contribution in [0.15, 0.2) is 48.9 Å². The number of anilines is 1. The highest BCUT2D eigenvalue weighted by atomic mass is 19.4. The van der Waals surface area contributed by atoms with Gasteiger partial charge in [-0.2, -0.15) is 13.2 Å². The van der Waals surface area contributed by atoms with Crippen LogP contribution in [0.4, 0.5) is 19.0 Å². The molecule has 2 saturated carbocycles. The molecule has 13 heteroatoms. The molecule has 228 valence electrons. The number of nitrogens with zero attached hydrogens (tertiary/aromatic N) is 4. The zero-order valence-corrected chi connectivity index (χ0v) is 23.7. The molecule has 4 heterocycles. The zero-order chi connectivity index (χ0) is 30.9. The maximum absolute atomic E-state index is 13.4. The Labute approximate surface area is 250 Å². The van der Waals surface area contributed by atoms with Gasteiger partial charge < -0.3 is 21.5 Å². The maximum atomic E-state index is 13.4. The van der Waals surface area contributed by atoms with Crippen LogP contribution in [0.5, 0.6) is 0 Å². The lowest BCUT2D eigenvalue weighted by molar-refractivity contribution is -0.137. The highest BCUT2D eigenvalue weighted by Crippen LogP contribution is 2.58. The van der Waals surface area contributed by atoms with E-state index in [0.29, 0.717) is 35.4 Å². The number of fused-ring (bicyclic) bond motifs is 3. The molecular weight excluding hydrogens is 575 g/mol. The van der Waals surface area contributed by atoms with Gasteiger partial charge in [-0.1, -0.05) is 12.1 Å². The van der Waals surface area contributed by atoms with Crippen LogP contribution in [-0.2, 0) is 21.1 Å². The Hall–Kier alpha value is -4.52. The SMILES string of the molecule is NC(=O)c1cc(-c2cc(C(F)(F)F)ccn2)ccc1-c1nc(C23CCC(NC(=O)C4CCCO4)(CC2)C3)n2ccnc(N)c12. The number of halogens is 3. The molecule has 3 aromatic heterocycles. The minimum atomic E-state index is -4.55. The molecule has 0 spiro atoms. The molecule has 1 atom stereocenters. The van der Waals surface area contributed by atoms with Gasteiger partial charge in [0.05, 0.1) is 11.3 Å². The molecule has 1 aromatic carbocycles. The van der Waals surface area contributed by atoms with Crippen molar-refractivity contribution in [3.63, 3.8) is 0 Å². The Morgan fingerprint density at radius 2 is 1.86 bits per heavy atom. The highest BCUT2D eigenvalue weighted by molar-refractivity contribution is 6.03. The maximum Gasteiger partial charge on any atom is 0.416 e. The van der Waals surface area contributed by atoms with Crippen molar-refractivity contribution >= 4 is 23.1 Å². The van der Waals surface area contributed by atoms with E-state index in [0.717, 1.165) is 62.7 Å². The predicted molar refractivity (Wildman–Crippen MR) is 154 cm³/mol. The van der Waals surface area contributed by atoms with Gasteiger partial charge in [-0.3, -0.25) is 19.0 Å². The number of amides is 2. The number of primary amides is 1. The third-order valence-corrected chi connectivity index (χ3v) is 9.43. The lowest BCUT2D eigenvalue weighted by atomic mass is 9.83. The Morgan fingerprint density at radius 3 is 2.57 bits per heavy atom. The fourth-order valence-corrected chi connectivity index (χ4v) is 7.31. The van der Waals surface area contributed by atoms with E-state index in [1.165, 1.54) is 6.07 Å². The summed E-state index contributed by atoms with van der Waals surface area (Å²) in [5, 5.41) is 3.30. The van der Waals surface area contributed by atoms with Crippen molar-refractivity contribution in [2.45, 2.75) is 68.2 Å². The summed E-state index contributed by atoms with van der Waals surface area (Å²) in [6.45, 7) is 0.595. The molecule has 2 bridgehead atoms. The molecule has 44 heavy (non-hydrogen) atoms. The molecule has 4 aromatic rings. The van der Waals surface area contributed by atoms with Crippen LogP contribution in [-0.4, -0.2) is 49.4 Å². The Bertz CT molecular complexity index is 1810. The van der Waals surface area contributed by atoms with Crippen molar-refractivity contribution in [1.82, 2.24) is 24.7 Å². The number of nitrogens with one attached hydrogen (secondary N) is 1. The molecule has 3 fully saturated rings. The molecule has 1 unspecified atom stereocenters. The molecule has 2 amide bonds. The molecule has 5 N–H and O–H groups in total. The number of nitrogen functional groups attached to an aromatic ring is 1. The minimum Gasteiger partial charge on any atom is -0.382 e. The number of carbonyl (C=O) groups excluding carboxylic acids is 2. The predicted octanol–water partition coefficient (Wildman–Crippen LogP) is 4.41. The summed E-state index contributed by atoms with van der Waals surface area (Å²) in [7, 11) is 0. The van der Waals surface area contributed by atoms with E-state index in [2.05, 4.69) is 15.3 Å². The number of hydrogen-bond donors (Lipinski definition) is 3. The quantitative estimate of drug-likeness (QED) is 0.295.